The number of halogens is 1. The second-order valence-electron chi connectivity index (χ2n) is 5.60. The summed E-state index contributed by atoms with van der Waals surface area (Å²) in [6.45, 7) is 5.72. The van der Waals surface area contributed by atoms with Crippen LogP contribution in [0.5, 0.6) is 0 Å². The van der Waals surface area contributed by atoms with E-state index < -0.39 is 5.97 Å². The number of rotatable bonds is 6. The van der Waals surface area contributed by atoms with Crippen molar-refractivity contribution in [2.75, 3.05) is 32.7 Å². The predicted molar refractivity (Wildman–Crippen MR) is 79.6 cm³/mol. The molecule has 1 heterocycles. The molecule has 1 aliphatic heterocycles. The first-order valence-corrected chi connectivity index (χ1v) is 7.54. The molecule has 21 heavy (non-hydrogen) atoms. The van der Waals surface area contributed by atoms with Gasteiger partial charge in [-0.1, -0.05) is 12.1 Å². The molecule has 0 bridgehead atoms. The van der Waals surface area contributed by atoms with Crippen LogP contribution >= 0.6 is 0 Å². The van der Waals surface area contributed by atoms with E-state index in [1.807, 2.05) is 12.1 Å². The fraction of sp³-hybridized carbons (Fsp3) is 0.562. The first-order valence-electron chi connectivity index (χ1n) is 7.54. The summed E-state index contributed by atoms with van der Waals surface area (Å²) in [6, 6.07) is 6.69. The molecule has 0 unspecified atom stereocenters. The van der Waals surface area contributed by atoms with Gasteiger partial charge in [0, 0.05) is 26.1 Å². The zero-order chi connectivity index (χ0) is 15.1. The Kier molecular flexibility index (Phi) is 6.14. The van der Waals surface area contributed by atoms with Crippen molar-refractivity contribution in [1.29, 1.82) is 0 Å². The van der Waals surface area contributed by atoms with Crippen LogP contribution in [0.3, 0.4) is 0 Å². The molecule has 1 saturated heterocycles. The van der Waals surface area contributed by atoms with Crippen molar-refractivity contribution in [2.45, 2.75) is 25.8 Å². The lowest BCUT2D eigenvalue weighted by Gasteiger charge is -2.21. The van der Waals surface area contributed by atoms with Gasteiger partial charge in [0.2, 0.25) is 0 Å². The molecule has 1 aliphatic rings. The van der Waals surface area contributed by atoms with E-state index in [-0.39, 0.29) is 12.2 Å². The van der Waals surface area contributed by atoms with E-state index in [4.69, 9.17) is 5.11 Å². The SMILES string of the molecule is O=C(O)CCCN1CCCN(Cc2ccc(F)cc2)CC1. The normalized spacial score (nSPS) is 17.6. The van der Waals surface area contributed by atoms with Crippen LogP contribution in [0, 0.1) is 5.82 Å². The number of benzene rings is 1. The number of carboxylic acids is 1. The Labute approximate surface area is 125 Å². The van der Waals surface area contributed by atoms with Crippen LogP contribution in [0.15, 0.2) is 24.3 Å². The summed E-state index contributed by atoms with van der Waals surface area (Å²) in [7, 11) is 0. The molecule has 0 saturated carbocycles. The van der Waals surface area contributed by atoms with Gasteiger partial charge in [0.05, 0.1) is 0 Å². The number of carboxylic acid groups (broad SMARTS) is 1. The minimum atomic E-state index is -0.720. The lowest BCUT2D eigenvalue weighted by atomic mass is 10.2. The fourth-order valence-corrected chi connectivity index (χ4v) is 2.71. The molecule has 0 spiro atoms. The molecule has 2 rings (SSSR count). The molecule has 0 amide bonds. The third-order valence-electron chi connectivity index (χ3n) is 3.87. The molecule has 0 atom stereocenters. The standard InChI is InChI=1S/C16H23FN2O2/c17-15-6-4-14(5-7-15)13-19-10-2-9-18(11-12-19)8-1-3-16(20)21/h4-7H,1-3,8-13H2,(H,20,21). The predicted octanol–water partition coefficient (Wildman–Crippen LogP) is 2.20. The van der Waals surface area contributed by atoms with Gasteiger partial charge in [0.1, 0.15) is 5.82 Å². The van der Waals surface area contributed by atoms with Crippen LogP contribution in [0.2, 0.25) is 0 Å². The van der Waals surface area contributed by atoms with E-state index in [0.717, 1.165) is 51.3 Å². The molecule has 0 aromatic heterocycles. The summed E-state index contributed by atoms with van der Waals surface area (Å²) < 4.78 is 12.9. The fourth-order valence-electron chi connectivity index (χ4n) is 2.71. The van der Waals surface area contributed by atoms with Crippen LogP contribution in [0.4, 0.5) is 4.39 Å². The zero-order valence-corrected chi connectivity index (χ0v) is 12.3. The molecular formula is C16H23FN2O2. The van der Waals surface area contributed by atoms with Crippen LogP contribution < -0.4 is 0 Å². The van der Waals surface area contributed by atoms with Crippen LogP contribution in [-0.2, 0) is 11.3 Å². The molecule has 1 fully saturated rings. The quantitative estimate of drug-likeness (QED) is 0.873. The maximum absolute atomic E-state index is 12.9. The van der Waals surface area contributed by atoms with Gasteiger partial charge >= 0.3 is 5.97 Å². The number of carbonyl (C=O) groups is 1. The number of nitrogens with zero attached hydrogens (tertiary/aromatic N) is 2. The average molecular weight is 294 g/mol. The monoisotopic (exact) mass is 294 g/mol. The van der Waals surface area contributed by atoms with E-state index in [2.05, 4.69) is 9.80 Å². The van der Waals surface area contributed by atoms with Crippen LogP contribution in [0.25, 0.3) is 0 Å². The molecule has 5 heteroatoms. The number of hydrogen-bond acceptors (Lipinski definition) is 3. The maximum Gasteiger partial charge on any atom is 0.303 e. The van der Waals surface area contributed by atoms with E-state index in [1.165, 1.54) is 12.1 Å². The molecule has 0 aliphatic carbocycles. The highest BCUT2D eigenvalue weighted by Crippen LogP contribution is 2.10. The summed E-state index contributed by atoms with van der Waals surface area (Å²) in [5, 5.41) is 8.67. The van der Waals surface area contributed by atoms with Gasteiger partial charge in [-0.3, -0.25) is 9.69 Å². The van der Waals surface area contributed by atoms with E-state index >= 15 is 0 Å². The Balaban J connectivity index is 1.75. The van der Waals surface area contributed by atoms with Gasteiger partial charge < -0.3 is 10.0 Å². The number of aliphatic carboxylic acids is 1. The first kappa shape index (κ1) is 15.9. The summed E-state index contributed by atoms with van der Waals surface area (Å²) in [6.07, 6.45) is 2.05. The summed E-state index contributed by atoms with van der Waals surface area (Å²) in [5.74, 6) is -0.915. The van der Waals surface area contributed by atoms with Gasteiger partial charge in [-0.2, -0.15) is 0 Å². The molecule has 0 radical (unpaired) electrons. The van der Waals surface area contributed by atoms with Crippen molar-refractivity contribution in [2.24, 2.45) is 0 Å². The molecule has 1 aromatic rings. The average Bonchev–Trinajstić information content (AvgIpc) is 2.67. The van der Waals surface area contributed by atoms with Gasteiger partial charge in [0.25, 0.3) is 0 Å². The lowest BCUT2D eigenvalue weighted by Crippen LogP contribution is -2.31. The van der Waals surface area contributed by atoms with Gasteiger partial charge in [-0.15, -0.1) is 0 Å². The Morgan fingerprint density at radius 1 is 1.10 bits per heavy atom. The van der Waals surface area contributed by atoms with Crippen LogP contribution in [0.1, 0.15) is 24.8 Å². The highest BCUT2D eigenvalue weighted by molar-refractivity contribution is 5.66. The third kappa shape index (κ3) is 5.81. The minimum Gasteiger partial charge on any atom is -0.481 e. The second-order valence-corrected chi connectivity index (χ2v) is 5.60. The molecule has 4 nitrogen and oxygen atoms in total. The number of hydrogen-bond donors (Lipinski definition) is 1. The topological polar surface area (TPSA) is 43.8 Å². The van der Waals surface area contributed by atoms with Crippen molar-refractivity contribution in [1.82, 2.24) is 9.80 Å². The van der Waals surface area contributed by atoms with Gasteiger partial charge in [0.15, 0.2) is 0 Å². The Morgan fingerprint density at radius 3 is 2.48 bits per heavy atom. The van der Waals surface area contributed by atoms with Crippen molar-refractivity contribution in [3.63, 3.8) is 0 Å². The lowest BCUT2D eigenvalue weighted by molar-refractivity contribution is -0.137. The highest BCUT2D eigenvalue weighted by atomic mass is 19.1. The van der Waals surface area contributed by atoms with E-state index in [0.29, 0.717) is 6.42 Å². The van der Waals surface area contributed by atoms with Gasteiger partial charge in [-0.25, -0.2) is 4.39 Å². The van der Waals surface area contributed by atoms with Crippen molar-refractivity contribution >= 4 is 5.97 Å². The molecule has 1 N–H and O–H groups in total. The first-order chi connectivity index (χ1) is 10.1. The Bertz CT molecular complexity index is 450. The smallest absolute Gasteiger partial charge is 0.303 e. The Hall–Kier alpha value is -1.46. The van der Waals surface area contributed by atoms with Gasteiger partial charge in [-0.05, 0) is 50.2 Å². The van der Waals surface area contributed by atoms with Crippen molar-refractivity contribution in [3.8, 4) is 0 Å². The zero-order valence-electron chi connectivity index (χ0n) is 12.3. The minimum absolute atomic E-state index is 0.195. The summed E-state index contributed by atoms with van der Waals surface area (Å²) >= 11 is 0. The third-order valence-corrected chi connectivity index (χ3v) is 3.87. The Morgan fingerprint density at radius 2 is 1.76 bits per heavy atom. The van der Waals surface area contributed by atoms with Crippen molar-refractivity contribution in [3.05, 3.63) is 35.6 Å². The largest absolute Gasteiger partial charge is 0.481 e. The molecule has 116 valence electrons. The van der Waals surface area contributed by atoms with Crippen molar-refractivity contribution < 1.29 is 14.3 Å². The maximum atomic E-state index is 12.9. The second kappa shape index (κ2) is 8.10. The summed E-state index contributed by atoms with van der Waals surface area (Å²) in [5.41, 5.74) is 1.13. The highest BCUT2D eigenvalue weighted by Gasteiger charge is 2.15. The molecule has 1 aromatic carbocycles. The van der Waals surface area contributed by atoms with E-state index in [1.54, 1.807) is 0 Å². The summed E-state index contributed by atoms with van der Waals surface area (Å²) in [4.78, 5) is 15.3. The van der Waals surface area contributed by atoms with E-state index in [9.17, 15) is 9.18 Å². The molecular weight excluding hydrogens is 271 g/mol. The van der Waals surface area contributed by atoms with Crippen LogP contribution in [-0.4, -0.2) is 53.6 Å².